The van der Waals surface area contributed by atoms with Crippen molar-refractivity contribution in [2.75, 3.05) is 20.5 Å². The molecule has 7 nitrogen and oxygen atoms in total. The number of aliphatic hydroxyl groups excluding tert-OH is 1. The Balaban J connectivity index is 1.57. The largest absolute Gasteiger partial charge is 0.490 e. The van der Waals surface area contributed by atoms with Gasteiger partial charge in [-0.15, -0.1) is 0 Å². The van der Waals surface area contributed by atoms with Gasteiger partial charge >= 0.3 is 0 Å². The quantitative estimate of drug-likeness (QED) is 0.707. The second kappa shape index (κ2) is 5.11. The molecule has 1 atom stereocenters. The Hall–Kier alpha value is -3.32. The van der Waals surface area contributed by atoms with E-state index in [1.165, 1.54) is 0 Å². The van der Waals surface area contributed by atoms with E-state index in [4.69, 9.17) is 28.1 Å². The average Bonchev–Trinajstić information content (AvgIpc) is 3.33. The van der Waals surface area contributed by atoms with Crippen molar-refractivity contribution in [1.29, 1.82) is 0 Å². The first-order valence-electron chi connectivity index (χ1n) is 8.48. The molecule has 1 N–H and O–H groups in total. The van der Waals surface area contributed by atoms with Crippen LogP contribution in [0.25, 0.3) is 16.5 Å². The average molecular weight is 366 g/mol. The Morgan fingerprint density at radius 1 is 1.07 bits per heavy atom. The van der Waals surface area contributed by atoms with Crippen molar-refractivity contribution in [3.05, 3.63) is 47.4 Å². The molecule has 3 aliphatic heterocycles. The molecule has 0 aliphatic carbocycles. The Kier molecular flexibility index (Phi) is 2.80. The van der Waals surface area contributed by atoms with Gasteiger partial charge in [-0.3, -0.25) is 0 Å². The number of rotatable bonds is 1. The second-order valence-corrected chi connectivity index (χ2v) is 6.50. The summed E-state index contributed by atoms with van der Waals surface area (Å²) >= 11 is 0. The number of aliphatic hydroxyl groups is 1. The number of hydrogen-bond acceptors (Lipinski definition) is 7. The molecule has 27 heavy (non-hydrogen) atoms. The van der Waals surface area contributed by atoms with Gasteiger partial charge in [0.25, 0.3) is 0 Å². The van der Waals surface area contributed by atoms with Gasteiger partial charge in [-0.25, -0.2) is 0 Å². The lowest BCUT2D eigenvalue weighted by molar-refractivity contribution is 0.173. The zero-order chi connectivity index (χ0) is 18.1. The molecule has 1 unspecified atom stereocenters. The number of methoxy groups -OCH3 is 1. The van der Waals surface area contributed by atoms with Gasteiger partial charge in [0, 0.05) is 28.2 Å². The highest BCUT2D eigenvalue weighted by atomic mass is 16.7. The summed E-state index contributed by atoms with van der Waals surface area (Å²) in [4.78, 5) is 0. The van der Waals surface area contributed by atoms with E-state index in [0.29, 0.717) is 51.2 Å². The molecule has 7 heteroatoms. The molecule has 136 valence electrons. The maximum Gasteiger partial charge on any atom is 0.231 e. The summed E-state index contributed by atoms with van der Waals surface area (Å²) in [6.07, 6.45) is 0.678. The number of benzene rings is 2. The lowest BCUT2D eigenvalue weighted by Crippen LogP contribution is -2.23. The summed E-state index contributed by atoms with van der Waals surface area (Å²) in [5, 5.41) is 12.0. The molecule has 0 saturated carbocycles. The third kappa shape index (κ3) is 1.89. The fourth-order valence-corrected chi connectivity index (χ4v) is 3.87. The fourth-order valence-electron chi connectivity index (χ4n) is 3.87. The van der Waals surface area contributed by atoms with Gasteiger partial charge in [-0.2, -0.15) is 0 Å². The molecular formula is C20H14O7. The van der Waals surface area contributed by atoms with E-state index in [9.17, 15) is 5.11 Å². The minimum atomic E-state index is -0.903. The summed E-state index contributed by atoms with van der Waals surface area (Å²) in [6.45, 7) is 0.361. The van der Waals surface area contributed by atoms with Crippen LogP contribution in [0, 0.1) is 0 Å². The highest BCUT2D eigenvalue weighted by molar-refractivity contribution is 5.91. The monoisotopic (exact) mass is 366 g/mol. The Morgan fingerprint density at radius 3 is 2.78 bits per heavy atom. The highest BCUT2D eigenvalue weighted by Gasteiger charge is 2.37. The van der Waals surface area contributed by atoms with Crippen LogP contribution < -0.4 is 23.7 Å². The van der Waals surface area contributed by atoms with E-state index >= 15 is 0 Å². The SMILES string of the molecule is COc1c2c(cc3ccoc13)C(O)C1=C(COc3cc4c(cc31)OCO4)O2. The van der Waals surface area contributed by atoms with Crippen molar-refractivity contribution in [3.8, 4) is 28.7 Å². The van der Waals surface area contributed by atoms with Crippen LogP contribution in [0.3, 0.4) is 0 Å². The van der Waals surface area contributed by atoms with Crippen molar-refractivity contribution in [2.24, 2.45) is 0 Å². The van der Waals surface area contributed by atoms with Crippen LogP contribution in [0.2, 0.25) is 0 Å². The summed E-state index contributed by atoms with van der Waals surface area (Å²) in [5.41, 5.74) is 2.58. The molecule has 1 aromatic heterocycles. The zero-order valence-electron chi connectivity index (χ0n) is 14.3. The topological polar surface area (TPSA) is 79.5 Å². The van der Waals surface area contributed by atoms with Crippen LogP contribution in [0.5, 0.6) is 28.7 Å². The lowest BCUT2D eigenvalue weighted by Gasteiger charge is -2.32. The first-order valence-corrected chi connectivity index (χ1v) is 8.48. The Bertz CT molecular complexity index is 1140. The van der Waals surface area contributed by atoms with Crippen LogP contribution in [-0.4, -0.2) is 25.6 Å². The molecule has 6 rings (SSSR count). The van der Waals surface area contributed by atoms with Crippen LogP contribution in [-0.2, 0) is 0 Å². The van der Waals surface area contributed by atoms with Crippen molar-refractivity contribution in [2.45, 2.75) is 6.10 Å². The molecule has 0 spiro atoms. The van der Waals surface area contributed by atoms with E-state index in [1.807, 2.05) is 18.2 Å². The smallest absolute Gasteiger partial charge is 0.231 e. The summed E-state index contributed by atoms with van der Waals surface area (Å²) < 4.78 is 33.9. The molecule has 0 saturated heterocycles. The van der Waals surface area contributed by atoms with Crippen LogP contribution in [0.15, 0.2) is 40.7 Å². The third-order valence-corrected chi connectivity index (χ3v) is 5.10. The van der Waals surface area contributed by atoms with Gasteiger partial charge in [0.2, 0.25) is 12.5 Å². The molecule has 2 aromatic carbocycles. The standard InChI is InChI=1S/C20H14O7/c1-22-20-18-9(2-3-23-18)4-11-17(21)16-10-5-13-14(26-8-25-13)6-12(10)24-7-15(16)27-19(11)20/h2-6,17,21H,7-8H2,1H3. The first kappa shape index (κ1) is 14.8. The molecule has 0 fully saturated rings. The maximum absolute atomic E-state index is 11.2. The van der Waals surface area contributed by atoms with Crippen molar-refractivity contribution >= 4 is 16.5 Å². The number of furan rings is 1. The van der Waals surface area contributed by atoms with E-state index < -0.39 is 6.10 Å². The second-order valence-electron chi connectivity index (χ2n) is 6.50. The summed E-state index contributed by atoms with van der Waals surface area (Å²) in [5.74, 6) is 3.30. The van der Waals surface area contributed by atoms with Crippen LogP contribution in [0.4, 0.5) is 0 Å². The fraction of sp³-hybridized carbons (Fsp3) is 0.200. The normalized spacial score (nSPS) is 19.1. The Labute approximate surface area is 153 Å². The van der Waals surface area contributed by atoms with Crippen LogP contribution >= 0.6 is 0 Å². The van der Waals surface area contributed by atoms with E-state index in [0.717, 1.165) is 10.9 Å². The van der Waals surface area contributed by atoms with Gasteiger partial charge in [0.15, 0.2) is 22.8 Å². The molecule has 3 aromatic rings. The molecule has 0 bridgehead atoms. The van der Waals surface area contributed by atoms with Gasteiger partial charge in [0.1, 0.15) is 24.2 Å². The minimum Gasteiger partial charge on any atom is -0.490 e. The van der Waals surface area contributed by atoms with Gasteiger partial charge in [0.05, 0.1) is 13.4 Å². The molecule has 3 aliphatic rings. The van der Waals surface area contributed by atoms with E-state index in [1.54, 1.807) is 19.4 Å². The lowest BCUT2D eigenvalue weighted by atomic mass is 9.89. The maximum atomic E-state index is 11.2. The third-order valence-electron chi connectivity index (χ3n) is 5.10. The number of hydrogen-bond donors (Lipinski definition) is 1. The van der Waals surface area contributed by atoms with Gasteiger partial charge < -0.3 is 33.2 Å². The van der Waals surface area contributed by atoms with Crippen LogP contribution in [0.1, 0.15) is 17.2 Å². The minimum absolute atomic E-state index is 0.168. The van der Waals surface area contributed by atoms with E-state index in [-0.39, 0.29) is 13.4 Å². The molecule has 0 radical (unpaired) electrons. The van der Waals surface area contributed by atoms with Crippen molar-refractivity contribution < 1.29 is 33.2 Å². The van der Waals surface area contributed by atoms with E-state index in [2.05, 4.69) is 0 Å². The number of ether oxygens (including phenoxy) is 5. The summed E-state index contributed by atoms with van der Waals surface area (Å²) in [6, 6.07) is 7.28. The zero-order valence-corrected chi connectivity index (χ0v) is 14.3. The van der Waals surface area contributed by atoms with Crippen molar-refractivity contribution in [3.63, 3.8) is 0 Å². The molecular weight excluding hydrogens is 352 g/mol. The van der Waals surface area contributed by atoms with Gasteiger partial charge in [-0.05, 0) is 18.2 Å². The van der Waals surface area contributed by atoms with Crippen molar-refractivity contribution in [1.82, 2.24) is 0 Å². The molecule has 4 heterocycles. The summed E-state index contributed by atoms with van der Waals surface area (Å²) in [7, 11) is 1.55. The molecule has 0 amide bonds. The predicted octanol–water partition coefficient (Wildman–Crippen LogP) is 3.40. The Morgan fingerprint density at radius 2 is 1.93 bits per heavy atom. The highest BCUT2D eigenvalue weighted by Crippen LogP contribution is 2.53. The van der Waals surface area contributed by atoms with Gasteiger partial charge in [-0.1, -0.05) is 0 Å². The first-order chi connectivity index (χ1) is 13.2. The number of fused-ring (bicyclic) bond motifs is 5. The predicted molar refractivity (Wildman–Crippen MR) is 93.3 cm³/mol.